The molecule has 262 valence electrons. The summed E-state index contributed by atoms with van der Waals surface area (Å²) in [6.45, 7) is 0. The molecule has 2 heteroatoms. The molecule has 0 unspecified atom stereocenters. The Hall–Kier alpha value is -7.42. The molecule has 2 nitrogen and oxygen atoms in total. The fourth-order valence-electron chi connectivity index (χ4n) is 8.13. The van der Waals surface area contributed by atoms with Crippen molar-refractivity contribution in [3.8, 4) is 55.9 Å². The maximum atomic E-state index is 10.1. The van der Waals surface area contributed by atoms with E-state index in [4.69, 9.17) is 0 Å². The highest BCUT2D eigenvalue weighted by atomic mass is 15.0. The summed E-state index contributed by atoms with van der Waals surface area (Å²) in [5, 5.41) is 2.37. The van der Waals surface area contributed by atoms with Crippen molar-refractivity contribution < 1.29 is 8.22 Å². The lowest BCUT2D eigenvalue weighted by molar-refractivity contribution is 1.18. The second-order valence-electron chi connectivity index (χ2n) is 14.0. The van der Waals surface area contributed by atoms with Gasteiger partial charge in [-0.25, -0.2) is 0 Å². The lowest BCUT2D eigenvalue weighted by Crippen LogP contribution is -1.94. The molecule has 0 N–H and O–H groups in total. The first-order valence-corrected chi connectivity index (χ1v) is 18.8. The van der Waals surface area contributed by atoms with E-state index < -0.39 is 0 Å². The number of hydrogen-bond acceptors (Lipinski definition) is 0. The van der Waals surface area contributed by atoms with E-state index in [1.807, 2.05) is 167 Å². The van der Waals surface area contributed by atoms with Crippen LogP contribution in [0.2, 0.25) is 0 Å². The van der Waals surface area contributed by atoms with Gasteiger partial charge in [-0.3, -0.25) is 0 Å². The predicted molar refractivity (Wildman–Crippen MR) is 237 cm³/mol. The Labute approximate surface area is 334 Å². The normalized spacial score (nSPS) is 13.1. The minimum absolute atomic E-state index is 0.000495. The molecule has 0 fully saturated rings. The first-order chi connectivity index (χ1) is 30.3. The second-order valence-corrected chi connectivity index (χ2v) is 14.0. The van der Waals surface area contributed by atoms with Crippen LogP contribution in [0.25, 0.3) is 99.5 Å². The minimum atomic E-state index is -0.269. The molecule has 9 aromatic carbocycles. The van der Waals surface area contributed by atoms with Gasteiger partial charge >= 0.3 is 0 Å². The van der Waals surface area contributed by atoms with E-state index in [2.05, 4.69) is 24.3 Å². The van der Waals surface area contributed by atoms with Crippen molar-refractivity contribution >= 4 is 43.6 Å². The molecule has 11 rings (SSSR count). The Morgan fingerprint density at radius 1 is 0.286 bits per heavy atom. The predicted octanol–water partition coefficient (Wildman–Crippen LogP) is 14.5. The zero-order valence-electron chi connectivity index (χ0n) is 36.2. The summed E-state index contributed by atoms with van der Waals surface area (Å²) < 4.78 is 62.6. The van der Waals surface area contributed by atoms with Crippen LogP contribution in [0, 0.1) is 0 Å². The van der Waals surface area contributed by atoms with E-state index in [1.54, 1.807) is 0 Å². The van der Waals surface area contributed by atoms with Gasteiger partial charge in [0.05, 0.1) is 30.3 Å². The fraction of sp³-hybridized carbons (Fsp3) is 0. The zero-order valence-corrected chi connectivity index (χ0v) is 30.2. The van der Waals surface area contributed by atoms with Crippen LogP contribution in [0.15, 0.2) is 218 Å². The summed E-state index contributed by atoms with van der Waals surface area (Å²) >= 11 is 0. The Kier molecular flexibility index (Phi) is 6.20. The number of aromatic nitrogens is 2. The third kappa shape index (κ3) is 5.26. The van der Waals surface area contributed by atoms with Crippen molar-refractivity contribution in [1.29, 1.82) is 0 Å². The second kappa shape index (κ2) is 13.2. The van der Waals surface area contributed by atoms with Gasteiger partial charge in [0.2, 0.25) is 0 Å². The Bertz CT molecular complexity index is 3540. The Morgan fingerprint density at radius 2 is 0.732 bits per heavy atom. The number of hydrogen-bond donors (Lipinski definition) is 0. The van der Waals surface area contributed by atoms with E-state index in [0.29, 0.717) is 21.8 Å². The topological polar surface area (TPSA) is 9.86 Å². The zero-order chi connectivity index (χ0) is 42.2. The van der Waals surface area contributed by atoms with Gasteiger partial charge in [-0.2, -0.15) is 0 Å². The van der Waals surface area contributed by atoms with E-state index in [1.165, 1.54) is 0 Å². The Balaban J connectivity index is 1.19. The van der Waals surface area contributed by atoms with Gasteiger partial charge in [-0.15, -0.1) is 0 Å². The highest BCUT2D eigenvalue weighted by Gasteiger charge is 2.18. The quantitative estimate of drug-likeness (QED) is 0.162. The van der Waals surface area contributed by atoms with Crippen LogP contribution in [0.4, 0.5) is 0 Å². The van der Waals surface area contributed by atoms with Crippen LogP contribution >= 0.6 is 0 Å². The van der Waals surface area contributed by atoms with Crippen molar-refractivity contribution in [2.75, 3.05) is 0 Å². The van der Waals surface area contributed by atoms with Gasteiger partial charge in [0.25, 0.3) is 0 Å². The molecule has 0 spiro atoms. The maximum absolute atomic E-state index is 10.1. The van der Waals surface area contributed by atoms with Crippen LogP contribution in [0.5, 0.6) is 0 Å². The van der Waals surface area contributed by atoms with Crippen molar-refractivity contribution in [2.24, 2.45) is 0 Å². The van der Waals surface area contributed by atoms with Gasteiger partial charge < -0.3 is 9.13 Å². The molecule has 0 radical (unpaired) electrons. The average Bonchev–Trinajstić information content (AvgIpc) is 3.87. The summed E-state index contributed by atoms with van der Waals surface area (Å²) in [6.07, 6.45) is 0. The average molecular weight is 719 g/mol. The summed E-state index contributed by atoms with van der Waals surface area (Å²) in [4.78, 5) is 0. The fourth-order valence-corrected chi connectivity index (χ4v) is 8.13. The number of para-hydroxylation sites is 1. The number of nitrogens with zero attached hydrogens (tertiary/aromatic N) is 2. The Morgan fingerprint density at radius 3 is 1.32 bits per heavy atom. The van der Waals surface area contributed by atoms with Gasteiger partial charge in [0.1, 0.15) is 0 Å². The van der Waals surface area contributed by atoms with E-state index in [9.17, 15) is 8.22 Å². The molecule has 2 aromatic heterocycles. The lowest BCUT2D eigenvalue weighted by atomic mass is 9.97. The monoisotopic (exact) mass is 718 g/mol. The highest BCUT2D eigenvalue weighted by molar-refractivity contribution is 6.17. The van der Waals surface area contributed by atoms with Crippen LogP contribution in [0.1, 0.15) is 8.22 Å². The largest absolute Gasteiger partial charge is 0.309 e. The van der Waals surface area contributed by atoms with Gasteiger partial charge in [-0.1, -0.05) is 158 Å². The molecule has 0 saturated heterocycles. The van der Waals surface area contributed by atoms with Gasteiger partial charge in [-0.05, 0) is 105 Å². The lowest BCUT2D eigenvalue weighted by Gasteiger charge is -2.11. The summed E-state index contributed by atoms with van der Waals surface area (Å²) in [7, 11) is 0. The number of rotatable bonds is 6. The van der Waals surface area contributed by atoms with Crippen molar-refractivity contribution in [2.45, 2.75) is 0 Å². The van der Waals surface area contributed by atoms with Crippen LogP contribution in [-0.4, -0.2) is 9.13 Å². The summed E-state index contributed by atoms with van der Waals surface area (Å²) in [5.41, 5.74) is 9.93. The maximum Gasteiger partial charge on any atom is 0.0645 e. The minimum Gasteiger partial charge on any atom is -0.309 e. The van der Waals surface area contributed by atoms with Crippen molar-refractivity contribution in [1.82, 2.24) is 9.13 Å². The smallest absolute Gasteiger partial charge is 0.0645 e. The molecular formula is C54H36N2. The van der Waals surface area contributed by atoms with Crippen LogP contribution < -0.4 is 0 Å². The third-order valence-corrected chi connectivity index (χ3v) is 10.8. The molecule has 2 heterocycles. The third-order valence-electron chi connectivity index (χ3n) is 10.8. The van der Waals surface area contributed by atoms with Gasteiger partial charge in [0, 0.05) is 32.9 Å². The van der Waals surface area contributed by atoms with E-state index in [-0.39, 0.29) is 47.4 Å². The first-order valence-electron chi connectivity index (χ1n) is 21.8. The van der Waals surface area contributed by atoms with Crippen LogP contribution in [0.3, 0.4) is 0 Å². The van der Waals surface area contributed by atoms with Crippen molar-refractivity contribution in [3.63, 3.8) is 0 Å². The number of fused-ring (bicyclic) bond motifs is 6. The molecule has 0 atom stereocenters. The van der Waals surface area contributed by atoms with E-state index >= 15 is 0 Å². The standard InChI is InChI=1S/C54H36N2/c1-4-13-37(14-5-1)39-23-29-44(30-24-39)55-50-21-11-10-19-47(50)48-35-42(27-33-51(48)55)43-28-34-52-49(36-43)54-46(41-17-8-3-9-18-41)20-12-22-53(54)56(52)45-31-25-40(26-32-45)38-15-6-2-7-16-38/h1-36H/i27D,28D,33D,34D,35D,36D. The first kappa shape index (κ1) is 26.4. The molecule has 0 aliphatic carbocycles. The molecular weight excluding hydrogens is 677 g/mol. The highest BCUT2D eigenvalue weighted by Crippen LogP contribution is 2.42. The molecule has 0 saturated carbocycles. The van der Waals surface area contributed by atoms with Gasteiger partial charge in [0.15, 0.2) is 0 Å². The van der Waals surface area contributed by atoms with E-state index in [0.717, 1.165) is 66.6 Å². The summed E-state index contributed by atoms with van der Waals surface area (Å²) in [5.74, 6) is 0. The van der Waals surface area contributed by atoms with Crippen LogP contribution in [-0.2, 0) is 0 Å². The van der Waals surface area contributed by atoms with Crippen molar-refractivity contribution in [3.05, 3.63) is 218 Å². The molecule has 11 aromatic rings. The molecule has 56 heavy (non-hydrogen) atoms. The molecule has 0 bridgehead atoms. The SMILES string of the molecule is [2H]c1c(-c2c([2H])c([2H])c3c(c2[2H])c2c(-c4ccccc4)cccc2n3-c2ccc(-c3ccccc3)cc2)c([2H])c2c3ccccc3n(-c3ccc(-c4ccccc4)cc3)c2c1[2H]. The number of benzene rings is 9. The summed E-state index contributed by atoms with van der Waals surface area (Å²) in [6, 6.07) is 59.1. The molecule has 0 aliphatic heterocycles. The molecule has 0 aliphatic rings. The molecule has 0 amide bonds.